The van der Waals surface area contributed by atoms with Crippen molar-refractivity contribution in [2.24, 2.45) is 28.7 Å². The zero-order valence-corrected chi connectivity index (χ0v) is 19.3. The number of carbonyl (C=O) groups is 2. The lowest BCUT2D eigenvalue weighted by molar-refractivity contribution is -0.0822. The Morgan fingerprint density at radius 1 is 0.788 bits per heavy atom. The highest BCUT2D eigenvalue weighted by molar-refractivity contribution is 5.91. The highest BCUT2D eigenvalue weighted by Gasteiger charge is 2.53. The molecule has 172 valence electrons. The summed E-state index contributed by atoms with van der Waals surface area (Å²) in [5, 5.41) is 0. The first-order valence-electron chi connectivity index (χ1n) is 12.0. The zero-order chi connectivity index (χ0) is 22.9. The van der Waals surface area contributed by atoms with Gasteiger partial charge in [-0.05, 0) is 92.5 Å². The Kier molecular flexibility index (Phi) is 6.05. The average Bonchev–Trinajstić information content (AvgIpc) is 3.43. The predicted octanol–water partition coefficient (Wildman–Crippen LogP) is 5.25. The van der Waals surface area contributed by atoms with E-state index in [1.54, 1.807) is 37.5 Å². The molecule has 0 heterocycles. The Morgan fingerprint density at radius 3 is 1.76 bits per heavy atom. The van der Waals surface area contributed by atoms with Crippen LogP contribution in [0, 0.1) is 30.6 Å². The Morgan fingerprint density at radius 2 is 1.27 bits per heavy atom. The van der Waals surface area contributed by atoms with Crippen LogP contribution in [0.5, 0.6) is 0 Å². The third-order valence-electron chi connectivity index (χ3n) is 7.93. The molecule has 5 rings (SSSR count). The standard InChI is InChI=1S/C28H31NO4/c1-17-3-7-19(8-4-17)27(30)32-25-14-23-21-11-12-22(13-21)24(23)15-26(25)33-28(31)20-9-5-18(6-10-20)16-29-2/h3-10,16,21-26H,11-15H2,1-2H3. The molecule has 5 heteroatoms. The van der Waals surface area contributed by atoms with Crippen molar-refractivity contribution in [2.45, 2.75) is 51.2 Å². The third kappa shape index (κ3) is 4.46. The van der Waals surface area contributed by atoms with Crippen molar-refractivity contribution >= 4 is 18.2 Å². The molecule has 2 aromatic rings. The summed E-state index contributed by atoms with van der Waals surface area (Å²) in [5.41, 5.74) is 3.06. The van der Waals surface area contributed by atoms with Gasteiger partial charge >= 0.3 is 11.9 Å². The number of benzene rings is 2. The summed E-state index contributed by atoms with van der Waals surface area (Å²) in [4.78, 5) is 29.9. The molecule has 0 aromatic heterocycles. The quantitative estimate of drug-likeness (QED) is 0.466. The van der Waals surface area contributed by atoms with E-state index in [0.29, 0.717) is 23.0 Å². The van der Waals surface area contributed by atoms with Crippen LogP contribution < -0.4 is 0 Å². The summed E-state index contributed by atoms with van der Waals surface area (Å²) in [6, 6.07) is 14.6. The number of aryl methyl sites for hydroxylation is 1. The Labute approximate surface area is 195 Å². The van der Waals surface area contributed by atoms with E-state index in [9.17, 15) is 9.59 Å². The zero-order valence-electron chi connectivity index (χ0n) is 19.3. The topological polar surface area (TPSA) is 65.0 Å². The molecule has 0 amide bonds. The SMILES string of the molecule is CN=Cc1ccc(C(=O)OC2CC3C4CCC(C4)C3CC2OC(=O)c2ccc(C)cc2)cc1. The summed E-state index contributed by atoms with van der Waals surface area (Å²) in [6.07, 6.45) is 6.32. The van der Waals surface area contributed by atoms with Gasteiger partial charge in [-0.3, -0.25) is 4.99 Å². The number of rotatable bonds is 5. The van der Waals surface area contributed by atoms with Crippen molar-refractivity contribution in [3.63, 3.8) is 0 Å². The van der Waals surface area contributed by atoms with Crippen LogP contribution in [-0.4, -0.2) is 37.4 Å². The summed E-state index contributed by atoms with van der Waals surface area (Å²) in [7, 11) is 1.71. The molecular formula is C28H31NO4. The van der Waals surface area contributed by atoms with Gasteiger partial charge in [-0.1, -0.05) is 29.8 Å². The molecule has 0 spiro atoms. The van der Waals surface area contributed by atoms with Crippen molar-refractivity contribution in [1.29, 1.82) is 0 Å². The van der Waals surface area contributed by atoms with Crippen molar-refractivity contribution in [3.8, 4) is 0 Å². The van der Waals surface area contributed by atoms with Crippen LogP contribution in [0.3, 0.4) is 0 Å². The van der Waals surface area contributed by atoms with Crippen molar-refractivity contribution in [3.05, 3.63) is 70.8 Å². The Balaban J connectivity index is 1.33. The Bertz CT molecular complexity index is 1040. The molecule has 3 aliphatic carbocycles. The minimum atomic E-state index is -0.413. The summed E-state index contributed by atoms with van der Waals surface area (Å²) >= 11 is 0. The van der Waals surface area contributed by atoms with Gasteiger partial charge in [0.05, 0.1) is 11.1 Å². The van der Waals surface area contributed by atoms with Crippen molar-refractivity contribution in [1.82, 2.24) is 0 Å². The molecule has 6 atom stereocenters. The number of esters is 2. The molecule has 0 saturated heterocycles. The van der Waals surface area contributed by atoms with E-state index in [-0.39, 0.29) is 11.9 Å². The maximum atomic E-state index is 13.0. The smallest absolute Gasteiger partial charge is 0.338 e. The van der Waals surface area contributed by atoms with Crippen LogP contribution in [0.1, 0.15) is 63.9 Å². The number of hydrogen-bond acceptors (Lipinski definition) is 5. The van der Waals surface area contributed by atoms with Gasteiger partial charge in [0, 0.05) is 13.3 Å². The van der Waals surface area contributed by atoms with Crippen LogP contribution >= 0.6 is 0 Å². The van der Waals surface area contributed by atoms with Crippen LogP contribution in [0.4, 0.5) is 0 Å². The minimum Gasteiger partial charge on any atom is -0.455 e. The lowest BCUT2D eigenvalue weighted by Gasteiger charge is -2.42. The van der Waals surface area contributed by atoms with Crippen LogP contribution in [0.2, 0.25) is 0 Å². The highest BCUT2D eigenvalue weighted by Crippen LogP contribution is 2.58. The molecule has 0 aliphatic heterocycles. The molecule has 33 heavy (non-hydrogen) atoms. The van der Waals surface area contributed by atoms with Gasteiger partial charge in [0.1, 0.15) is 12.2 Å². The molecule has 6 unspecified atom stereocenters. The summed E-state index contributed by atoms with van der Waals surface area (Å²) in [6.45, 7) is 1.99. The number of nitrogens with zero attached hydrogens (tertiary/aromatic N) is 1. The first-order valence-corrected chi connectivity index (χ1v) is 12.0. The monoisotopic (exact) mass is 445 g/mol. The molecule has 3 saturated carbocycles. The first kappa shape index (κ1) is 21.9. The van der Waals surface area contributed by atoms with Crippen LogP contribution in [-0.2, 0) is 9.47 Å². The van der Waals surface area contributed by atoms with E-state index in [0.717, 1.165) is 35.8 Å². The van der Waals surface area contributed by atoms with Gasteiger partial charge in [-0.15, -0.1) is 0 Å². The second kappa shape index (κ2) is 9.12. The van der Waals surface area contributed by atoms with Crippen LogP contribution in [0.15, 0.2) is 53.5 Å². The largest absolute Gasteiger partial charge is 0.455 e. The number of carbonyl (C=O) groups excluding carboxylic acids is 2. The van der Waals surface area contributed by atoms with Gasteiger partial charge in [0.25, 0.3) is 0 Å². The predicted molar refractivity (Wildman–Crippen MR) is 127 cm³/mol. The van der Waals surface area contributed by atoms with E-state index in [4.69, 9.17) is 9.47 Å². The van der Waals surface area contributed by atoms with Crippen molar-refractivity contribution in [2.75, 3.05) is 7.05 Å². The molecule has 5 nitrogen and oxygen atoms in total. The third-order valence-corrected chi connectivity index (χ3v) is 7.93. The Hall–Kier alpha value is -2.95. The lowest BCUT2D eigenvalue weighted by Crippen LogP contribution is -2.45. The van der Waals surface area contributed by atoms with Gasteiger partial charge in [0.15, 0.2) is 0 Å². The highest BCUT2D eigenvalue weighted by atomic mass is 16.6. The van der Waals surface area contributed by atoms with Crippen LogP contribution in [0.25, 0.3) is 0 Å². The molecule has 0 N–H and O–H groups in total. The maximum absolute atomic E-state index is 13.0. The average molecular weight is 446 g/mol. The van der Waals surface area contributed by atoms with E-state index in [1.165, 1.54) is 19.3 Å². The van der Waals surface area contributed by atoms with Gasteiger partial charge in [-0.25, -0.2) is 9.59 Å². The molecular weight excluding hydrogens is 414 g/mol. The molecule has 2 bridgehead atoms. The number of ether oxygens (including phenoxy) is 2. The maximum Gasteiger partial charge on any atom is 0.338 e. The summed E-state index contributed by atoms with van der Waals surface area (Å²) in [5.74, 6) is 1.89. The van der Waals surface area contributed by atoms with E-state index in [1.807, 2.05) is 31.2 Å². The molecule has 0 radical (unpaired) electrons. The van der Waals surface area contributed by atoms with E-state index >= 15 is 0 Å². The second-order valence-corrected chi connectivity index (χ2v) is 9.90. The fraction of sp³-hybridized carbons (Fsp3) is 0.464. The first-order chi connectivity index (χ1) is 16.0. The number of aliphatic imine (C=N–C) groups is 1. The molecule has 3 aliphatic rings. The molecule has 3 fully saturated rings. The normalized spacial score (nSPS) is 30.2. The molecule has 2 aromatic carbocycles. The van der Waals surface area contributed by atoms with Gasteiger partial charge in [-0.2, -0.15) is 0 Å². The number of fused-ring (bicyclic) bond motifs is 5. The van der Waals surface area contributed by atoms with E-state index < -0.39 is 12.2 Å². The van der Waals surface area contributed by atoms with Crippen molar-refractivity contribution < 1.29 is 19.1 Å². The van der Waals surface area contributed by atoms with E-state index in [2.05, 4.69) is 4.99 Å². The second-order valence-electron chi connectivity index (χ2n) is 9.90. The van der Waals surface area contributed by atoms with Gasteiger partial charge in [0.2, 0.25) is 0 Å². The fourth-order valence-corrected chi connectivity index (χ4v) is 6.31. The lowest BCUT2D eigenvalue weighted by atomic mass is 9.69. The fourth-order valence-electron chi connectivity index (χ4n) is 6.31. The van der Waals surface area contributed by atoms with Gasteiger partial charge < -0.3 is 9.47 Å². The minimum absolute atomic E-state index is 0.342. The summed E-state index contributed by atoms with van der Waals surface area (Å²) < 4.78 is 12.0. The number of hydrogen-bond donors (Lipinski definition) is 0.